The average Bonchev–Trinajstić information content (AvgIpc) is 2.27. The first kappa shape index (κ1) is 14.1. The molecule has 1 rings (SSSR count). The number of Topliss-reactive ketones (excluding diaryl/α,β-unsaturated/α-hetero) is 1. The Bertz CT molecular complexity index is 450. The van der Waals surface area contributed by atoms with Crippen LogP contribution in [0, 0.1) is 0 Å². The van der Waals surface area contributed by atoms with Gasteiger partial charge in [0.1, 0.15) is 5.75 Å². The van der Waals surface area contributed by atoms with Gasteiger partial charge in [0, 0.05) is 16.8 Å². The van der Waals surface area contributed by atoms with Gasteiger partial charge in [0.25, 0.3) is 0 Å². The van der Waals surface area contributed by atoms with Gasteiger partial charge in [-0.15, -0.1) is 0 Å². The first-order chi connectivity index (χ1) is 7.95. The third kappa shape index (κ3) is 3.79. The number of hydrogen-bond acceptors (Lipinski definition) is 4. The van der Waals surface area contributed by atoms with Gasteiger partial charge >= 0.3 is 0 Å². The molecule has 17 heavy (non-hydrogen) atoms. The van der Waals surface area contributed by atoms with Crippen molar-refractivity contribution in [1.29, 1.82) is 0 Å². The second-order valence-corrected chi connectivity index (χ2v) is 5.28. The highest BCUT2D eigenvalue weighted by Gasteiger charge is 2.14. The van der Waals surface area contributed by atoms with Crippen molar-refractivity contribution < 1.29 is 18.3 Å². The Morgan fingerprint density at radius 1 is 1.59 bits per heavy atom. The van der Waals surface area contributed by atoms with Crippen LogP contribution in [-0.4, -0.2) is 26.5 Å². The summed E-state index contributed by atoms with van der Waals surface area (Å²) in [7, 11) is 1.42. The van der Waals surface area contributed by atoms with Crippen molar-refractivity contribution in [2.75, 3.05) is 11.8 Å². The molecule has 1 aromatic rings. The van der Waals surface area contributed by atoms with E-state index < -0.39 is 11.3 Å². The molecular formula is C10H11BrNO4S-. The zero-order valence-corrected chi connectivity index (χ0v) is 11.6. The van der Waals surface area contributed by atoms with E-state index >= 15 is 0 Å². The summed E-state index contributed by atoms with van der Waals surface area (Å²) in [5.41, 5.74) is 0.642. The molecule has 7 heteroatoms. The third-order valence-corrected chi connectivity index (χ3v) is 2.84. The fourth-order valence-electron chi connectivity index (χ4n) is 1.26. The van der Waals surface area contributed by atoms with E-state index in [2.05, 4.69) is 20.7 Å². The van der Waals surface area contributed by atoms with Crippen LogP contribution in [-0.2, 0) is 11.3 Å². The second kappa shape index (κ2) is 6.13. The Kier molecular flexibility index (Phi) is 5.10. The molecule has 5 nitrogen and oxygen atoms in total. The Balaban J connectivity index is 3.12. The van der Waals surface area contributed by atoms with Gasteiger partial charge in [-0.05, 0) is 25.1 Å². The quantitative estimate of drug-likeness (QED) is 0.510. The Labute approximate surface area is 110 Å². The number of anilines is 1. The summed E-state index contributed by atoms with van der Waals surface area (Å²) in [6, 6.07) is 4.56. The van der Waals surface area contributed by atoms with Crippen molar-refractivity contribution in [1.82, 2.24) is 0 Å². The first-order valence-corrected chi connectivity index (χ1v) is 6.67. The number of benzene rings is 1. The van der Waals surface area contributed by atoms with E-state index in [9.17, 15) is 13.6 Å². The van der Waals surface area contributed by atoms with Crippen LogP contribution in [0.5, 0.6) is 5.75 Å². The van der Waals surface area contributed by atoms with Crippen molar-refractivity contribution in [3.8, 4) is 5.75 Å². The summed E-state index contributed by atoms with van der Waals surface area (Å²) in [6.07, 6.45) is 0. The number of halogens is 1. The van der Waals surface area contributed by atoms with Crippen LogP contribution < -0.4 is 9.46 Å². The van der Waals surface area contributed by atoms with Crippen LogP contribution >= 0.6 is 15.9 Å². The molecule has 0 aliphatic carbocycles. The molecule has 0 saturated heterocycles. The van der Waals surface area contributed by atoms with E-state index in [1.165, 1.54) is 19.2 Å². The molecular weight excluding hydrogens is 310 g/mol. The predicted molar refractivity (Wildman–Crippen MR) is 68.3 cm³/mol. The van der Waals surface area contributed by atoms with E-state index in [0.29, 0.717) is 11.3 Å². The molecule has 0 radical (unpaired) electrons. The Morgan fingerprint density at radius 2 is 2.24 bits per heavy atom. The molecule has 1 N–H and O–H groups in total. The van der Waals surface area contributed by atoms with Gasteiger partial charge in [0.05, 0.1) is 17.6 Å². The van der Waals surface area contributed by atoms with Gasteiger partial charge in [-0.3, -0.25) is 9.00 Å². The number of ketones is 1. The Morgan fingerprint density at radius 3 is 2.71 bits per heavy atom. The summed E-state index contributed by atoms with van der Waals surface area (Å²) in [6.45, 7) is 1.70. The SMILES string of the molecule is COc1ccc(C(=O)[C@@H](C)Br)cc1NS(=O)[O-]. The second-order valence-electron chi connectivity index (χ2n) is 3.23. The van der Waals surface area contributed by atoms with E-state index in [-0.39, 0.29) is 16.3 Å². The Hall–Kier alpha value is -0.920. The fraction of sp³-hybridized carbons (Fsp3) is 0.300. The lowest BCUT2D eigenvalue weighted by molar-refractivity contribution is 0.0996. The molecule has 0 aliphatic heterocycles. The standard InChI is InChI=1S/C10H12BrNO4S/c1-6(11)10(13)7-3-4-9(16-2)8(5-7)12-17(14)15/h3-6,12H,1-2H3,(H,14,15)/p-1/t6-/m1/s1. The topological polar surface area (TPSA) is 78.5 Å². The number of methoxy groups -OCH3 is 1. The van der Waals surface area contributed by atoms with Gasteiger partial charge < -0.3 is 14.0 Å². The van der Waals surface area contributed by atoms with Gasteiger partial charge in [0.2, 0.25) is 0 Å². The maximum atomic E-state index is 11.7. The first-order valence-electron chi connectivity index (χ1n) is 4.68. The van der Waals surface area contributed by atoms with Crippen molar-refractivity contribution in [3.63, 3.8) is 0 Å². The van der Waals surface area contributed by atoms with E-state index in [0.717, 1.165) is 0 Å². The summed E-state index contributed by atoms with van der Waals surface area (Å²) in [5.74, 6) is 0.223. The molecule has 0 amide bonds. The number of hydrogen-bond donors (Lipinski definition) is 1. The van der Waals surface area contributed by atoms with Crippen molar-refractivity contribution in [3.05, 3.63) is 23.8 Å². The lowest BCUT2D eigenvalue weighted by atomic mass is 10.1. The maximum absolute atomic E-state index is 11.7. The summed E-state index contributed by atoms with van der Waals surface area (Å²) >= 11 is 0.701. The highest BCUT2D eigenvalue weighted by Crippen LogP contribution is 2.26. The third-order valence-electron chi connectivity index (χ3n) is 2.04. The highest BCUT2D eigenvalue weighted by molar-refractivity contribution is 9.10. The summed E-state index contributed by atoms with van der Waals surface area (Å²) in [5, 5.41) is 0. The lowest BCUT2D eigenvalue weighted by Gasteiger charge is -2.14. The monoisotopic (exact) mass is 320 g/mol. The molecule has 0 fully saturated rings. The number of carbonyl (C=O) groups excluding carboxylic acids is 1. The average molecular weight is 321 g/mol. The fourth-order valence-corrected chi connectivity index (χ4v) is 1.86. The molecule has 1 aromatic carbocycles. The zero-order chi connectivity index (χ0) is 13.0. The van der Waals surface area contributed by atoms with Crippen LogP contribution in [0.1, 0.15) is 17.3 Å². The van der Waals surface area contributed by atoms with Gasteiger partial charge in [-0.1, -0.05) is 15.9 Å². The van der Waals surface area contributed by atoms with Crippen molar-refractivity contribution >= 4 is 38.7 Å². The maximum Gasteiger partial charge on any atom is 0.176 e. The molecule has 0 aliphatic rings. The van der Waals surface area contributed by atoms with E-state index in [1.807, 2.05) is 0 Å². The van der Waals surface area contributed by atoms with Gasteiger partial charge in [-0.25, -0.2) is 0 Å². The minimum Gasteiger partial charge on any atom is -0.755 e. The van der Waals surface area contributed by atoms with Crippen molar-refractivity contribution in [2.24, 2.45) is 0 Å². The molecule has 0 saturated carbocycles. The summed E-state index contributed by atoms with van der Waals surface area (Å²) in [4.78, 5) is 11.4. The molecule has 2 atom stereocenters. The number of ether oxygens (including phenoxy) is 1. The molecule has 0 spiro atoms. The van der Waals surface area contributed by atoms with Crippen LogP contribution in [0.3, 0.4) is 0 Å². The van der Waals surface area contributed by atoms with Gasteiger partial charge in [0.15, 0.2) is 5.78 Å². The minimum absolute atomic E-state index is 0.132. The lowest BCUT2D eigenvalue weighted by Crippen LogP contribution is -2.11. The van der Waals surface area contributed by atoms with Crippen LogP contribution in [0.2, 0.25) is 0 Å². The molecule has 94 valence electrons. The van der Waals surface area contributed by atoms with Crippen LogP contribution in [0.4, 0.5) is 5.69 Å². The highest BCUT2D eigenvalue weighted by atomic mass is 79.9. The normalized spacial score (nSPS) is 13.9. The number of alkyl halides is 1. The minimum atomic E-state index is -2.46. The van der Waals surface area contributed by atoms with Gasteiger partial charge in [-0.2, -0.15) is 0 Å². The van der Waals surface area contributed by atoms with E-state index in [4.69, 9.17) is 4.74 Å². The summed E-state index contributed by atoms with van der Waals surface area (Å²) < 4.78 is 28.3. The molecule has 0 bridgehead atoms. The van der Waals surface area contributed by atoms with E-state index in [1.54, 1.807) is 13.0 Å². The van der Waals surface area contributed by atoms with Crippen molar-refractivity contribution in [2.45, 2.75) is 11.8 Å². The largest absolute Gasteiger partial charge is 0.755 e. The molecule has 0 aromatic heterocycles. The molecule has 1 unspecified atom stereocenters. The number of rotatable bonds is 5. The number of nitrogens with one attached hydrogen (secondary N) is 1. The number of carbonyl (C=O) groups is 1. The smallest absolute Gasteiger partial charge is 0.176 e. The van der Waals surface area contributed by atoms with Crippen LogP contribution in [0.15, 0.2) is 18.2 Å². The zero-order valence-electron chi connectivity index (χ0n) is 9.23. The predicted octanol–water partition coefficient (Wildman–Crippen LogP) is 1.87. The van der Waals surface area contributed by atoms with Crippen LogP contribution in [0.25, 0.3) is 0 Å². The molecule has 0 heterocycles.